The summed E-state index contributed by atoms with van der Waals surface area (Å²) in [4.78, 5) is 3.22. The van der Waals surface area contributed by atoms with Gasteiger partial charge in [-0.25, -0.2) is 0 Å². The van der Waals surface area contributed by atoms with E-state index in [1.807, 2.05) is 37.4 Å². The maximum atomic E-state index is 3.81. The summed E-state index contributed by atoms with van der Waals surface area (Å²) in [6.07, 6.45) is 13.3. The van der Waals surface area contributed by atoms with Crippen LogP contribution >= 0.6 is 0 Å². The Bertz CT molecular complexity index is 538. The lowest BCUT2D eigenvalue weighted by atomic mass is 10.1. The molecule has 0 atom stereocenters. The Hall–Kier alpha value is -2.02. The van der Waals surface area contributed by atoms with E-state index in [4.69, 9.17) is 0 Å². The van der Waals surface area contributed by atoms with Gasteiger partial charge in [0.15, 0.2) is 0 Å². The molecule has 0 spiro atoms. The van der Waals surface area contributed by atoms with Crippen LogP contribution in [0.2, 0.25) is 0 Å². The molecule has 0 aliphatic heterocycles. The molecule has 1 heterocycles. The molecule has 1 aromatic heterocycles. The van der Waals surface area contributed by atoms with Gasteiger partial charge in [-0.15, -0.1) is 0 Å². The minimum atomic E-state index is 1.05. The first-order chi connectivity index (χ1) is 7.78. The van der Waals surface area contributed by atoms with E-state index in [2.05, 4.69) is 24.7 Å². The third-order valence-corrected chi connectivity index (χ3v) is 2.35. The highest BCUT2D eigenvalue weighted by atomic mass is 14.7. The van der Waals surface area contributed by atoms with Crippen LogP contribution in [0.4, 0.5) is 0 Å². The molecule has 1 N–H and O–H groups in total. The van der Waals surface area contributed by atoms with Crippen LogP contribution in [0.25, 0.3) is 17.7 Å². The molecule has 1 aromatic rings. The number of allylic oxidation sites excluding steroid dienone is 5. The predicted octanol–water partition coefficient (Wildman–Crippen LogP) is 2.54. The van der Waals surface area contributed by atoms with E-state index < -0.39 is 0 Å². The standard InChI is InChI=1S/C15H17N/c1-5-9-12(7-3)14-11-16-15(8-4)13(14)10-6-2/h5-11,16H,1-3H2,4H3/b12-9+,13-10-,15-8+. The van der Waals surface area contributed by atoms with E-state index in [0.29, 0.717) is 0 Å². The number of hydrogen-bond donors (Lipinski definition) is 1. The van der Waals surface area contributed by atoms with Gasteiger partial charge in [0.1, 0.15) is 0 Å². The Morgan fingerprint density at radius 2 is 2.00 bits per heavy atom. The summed E-state index contributed by atoms with van der Waals surface area (Å²) in [6, 6.07) is 0. The molecule has 1 heteroatoms. The van der Waals surface area contributed by atoms with Gasteiger partial charge in [-0.2, -0.15) is 0 Å². The summed E-state index contributed by atoms with van der Waals surface area (Å²) in [7, 11) is 0. The van der Waals surface area contributed by atoms with Crippen molar-refractivity contribution in [2.24, 2.45) is 0 Å². The highest BCUT2D eigenvalue weighted by molar-refractivity contribution is 5.75. The summed E-state index contributed by atoms with van der Waals surface area (Å²) in [5.74, 6) is 0. The maximum absolute atomic E-state index is 3.81. The monoisotopic (exact) mass is 211 g/mol. The Morgan fingerprint density at radius 1 is 1.25 bits per heavy atom. The number of rotatable bonds is 4. The van der Waals surface area contributed by atoms with E-state index in [1.165, 1.54) is 0 Å². The largest absolute Gasteiger partial charge is 0.361 e. The van der Waals surface area contributed by atoms with E-state index in [1.54, 1.807) is 12.2 Å². The highest BCUT2D eigenvalue weighted by Gasteiger charge is 2.01. The predicted molar refractivity (Wildman–Crippen MR) is 73.2 cm³/mol. The maximum Gasteiger partial charge on any atom is 0.0417 e. The third-order valence-electron chi connectivity index (χ3n) is 2.35. The Balaban J connectivity index is 3.58. The van der Waals surface area contributed by atoms with Gasteiger partial charge >= 0.3 is 0 Å². The fourth-order valence-corrected chi connectivity index (χ4v) is 1.62. The minimum absolute atomic E-state index is 1.05. The molecule has 82 valence electrons. The summed E-state index contributed by atoms with van der Waals surface area (Å²) >= 11 is 0. The number of aromatic nitrogens is 1. The van der Waals surface area contributed by atoms with Gasteiger partial charge in [0.2, 0.25) is 0 Å². The molecule has 0 saturated heterocycles. The van der Waals surface area contributed by atoms with Crippen molar-refractivity contribution in [2.45, 2.75) is 6.92 Å². The minimum Gasteiger partial charge on any atom is -0.361 e. The quantitative estimate of drug-likeness (QED) is 0.737. The first-order valence-corrected chi connectivity index (χ1v) is 5.20. The van der Waals surface area contributed by atoms with Gasteiger partial charge in [0.05, 0.1) is 0 Å². The van der Waals surface area contributed by atoms with Gasteiger partial charge in [0.25, 0.3) is 0 Å². The molecule has 16 heavy (non-hydrogen) atoms. The second kappa shape index (κ2) is 5.76. The van der Waals surface area contributed by atoms with Gasteiger partial charge in [-0.05, 0) is 12.5 Å². The second-order valence-electron chi connectivity index (χ2n) is 3.28. The molecule has 0 aliphatic rings. The summed E-state index contributed by atoms with van der Waals surface area (Å²) in [5, 5.41) is 2.22. The lowest BCUT2D eigenvalue weighted by Gasteiger charge is -1.96. The molecule has 0 radical (unpaired) electrons. The van der Waals surface area contributed by atoms with Crippen molar-refractivity contribution in [3.05, 3.63) is 66.4 Å². The van der Waals surface area contributed by atoms with Crippen molar-refractivity contribution in [1.29, 1.82) is 0 Å². The molecular weight excluding hydrogens is 194 g/mol. The molecule has 0 bridgehead atoms. The average Bonchev–Trinajstić information content (AvgIpc) is 2.69. The molecule has 0 unspecified atom stereocenters. The van der Waals surface area contributed by atoms with Crippen LogP contribution in [0.3, 0.4) is 0 Å². The number of hydrogen-bond acceptors (Lipinski definition) is 0. The number of nitrogens with one attached hydrogen (secondary N) is 1. The molecule has 0 saturated carbocycles. The summed E-state index contributed by atoms with van der Waals surface area (Å²) < 4.78 is 0. The zero-order chi connectivity index (χ0) is 12.0. The van der Waals surface area contributed by atoms with Crippen LogP contribution < -0.4 is 10.6 Å². The Labute approximate surface area is 96.5 Å². The zero-order valence-electron chi connectivity index (χ0n) is 9.66. The van der Waals surface area contributed by atoms with Crippen LogP contribution in [0.1, 0.15) is 12.5 Å². The van der Waals surface area contributed by atoms with Crippen LogP contribution in [-0.4, -0.2) is 4.98 Å². The first-order valence-electron chi connectivity index (χ1n) is 5.20. The highest BCUT2D eigenvalue weighted by Crippen LogP contribution is 2.09. The number of H-pyrrole nitrogens is 1. The van der Waals surface area contributed by atoms with E-state index in [9.17, 15) is 0 Å². The molecule has 0 fully saturated rings. The van der Waals surface area contributed by atoms with Crippen molar-refractivity contribution in [1.82, 2.24) is 4.98 Å². The summed E-state index contributed by atoms with van der Waals surface area (Å²) in [5.41, 5.74) is 2.16. The van der Waals surface area contributed by atoms with Crippen molar-refractivity contribution in [3.63, 3.8) is 0 Å². The molecule has 1 rings (SSSR count). The Kier molecular flexibility index (Phi) is 4.34. The van der Waals surface area contributed by atoms with Gasteiger partial charge in [-0.1, -0.05) is 56.2 Å². The molecular formula is C15H17N. The normalized spacial score (nSPS) is 13.9. The van der Waals surface area contributed by atoms with Gasteiger partial charge < -0.3 is 4.98 Å². The SMILES string of the molecule is C=C/C=c1/c(/C(C=C)=C/C=C)c[nH]/c1=C/C. The van der Waals surface area contributed by atoms with Crippen LogP contribution in [0.15, 0.2) is 50.2 Å². The van der Waals surface area contributed by atoms with Crippen molar-refractivity contribution < 1.29 is 0 Å². The van der Waals surface area contributed by atoms with Gasteiger partial charge in [0, 0.05) is 22.3 Å². The lowest BCUT2D eigenvalue weighted by molar-refractivity contribution is 1.31. The third kappa shape index (κ3) is 2.31. The Morgan fingerprint density at radius 3 is 2.50 bits per heavy atom. The average molecular weight is 211 g/mol. The summed E-state index contributed by atoms with van der Waals surface area (Å²) in [6.45, 7) is 13.3. The smallest absolute Gasteiger partial charge is 0.0417 e. The lowest BCUT2D eigenvalue weighted by Crippen LogP contribution is -2.24. The molecule has 0 aromatic carbocycles. The van der Waals surface area contributed by atoms with Crippen LogP contribution in [-0.2, 0) is 0 Å². The molecule has 0 aliphatic carbocycles. The fraction of sp³-hybridized carbons (Fsp3) is 0.0667. The van der Waals surface area contributed by atoms with Crippen LogP contribution in [0, 0.1) is 0 Å². The topological polar surface area (TPSA) is 15.8 Å². The van der Waals surface area contributed by atoms with Crippen molar-refractivity contribution >= 4 is 17.7 Å². The van der Waals surface area contributed by atoms with Crippen molar-refractivity contribution in [3.8, 4) is 0 Å². The van der Waals surface area contributed by atoms with Gasteiger partial charge in [-0.3, -0.25) is 0 Å². The van der Waals surface area contributed by atoms with E-state index >= 15 is 0 Å². The fourth-order valence-electron chi connectivity index (χ4n) is 1.62. The number of aromatic amines is 1. The molecule has 1 nitrogen and oxygen atoms in total. The molecule has 0 amide bonds. The van der Waals surface area contributed by atoms with Crippen LogP contribution in [0.5, 0.6) is 0 Å². The second-order valence-corrected chi connectivity index (χ2v) is 3.28. The van der Waals surface area contributed by atoms with E-state index in [-0.39, 0.29) is 0 Å². The first kappa shape index (κ1) is 12.1. The van der Waals surface area contributed by atoms with Crippen molar-refractivity contribution in [2.75, 3.05) is 0 Å². The zero-order valence-corrected chi connectivity index (χ0v) is 9.66. The van der Waals surface area contributed by atoms with E-state index in [0.717, 1.165) is 21.7 Å².